The van der Waals surface area contributed by atoms with Crippen molar-refractivity contribution in [2.75, 3.05) is 6.61 Å². The Bertz CT molecular complexity index is 1700. The van der Waals surface area contributed by atoms with E-state index < -0.39 is 30.3 Å². The van der Waals surface area contributed by atoms with E-state index in [4.69, 9.17) is 4.74 Å². The van der Waals surface area contributed by atoms with Crippen LogP contribution in [0.4, 0.5) is 26.3 Å². The maximum absolute atomic E-state index is 13.4. The van der Waals surface area contributed by atoms with Crippen LogP contribution in [0, 0.1) is 6.92 Å². The molecule has 0 bridgehead atoms. The Morgan fingerprint density at radius 3 is 2.46 bits per heavy atom. The molecule has 0 aliphatic rings. The minimum Gasteiger partial charge on any atom is -0.467 e. The van der Waals surface area contributed by atoms with Crippen LogP contribution in [-0.2, 0) is 12.7 Å². The highest BCUT2D eigenvalue weighted by Crippen LogP contribution is 2.32. The van der Waals surface area contributed by atoms with E-state index in [0.29, 0.717) is 5.56 Å². The van der Waals surface area contributed by atoms with E-state index in [-0.39, 0.29) is 46.4 Å². The van der Waals surface area contributed by atoms with Crippen molar-refractivity contribution in [1.82, 2.24) is 34.3 Å². The first-order chi connectivity index (χ1) is 18.4. The molecule has 0 atom stereocenters. The second-order valence-electron chi connectivity index (χ2n) is 8.45. The Balaban J connectivity index is 1.46. The van der Waals surface area contributed by atoms with Crippen LogP contribution in [0.3, 0.4) is 0 Å². The molecule has 5 aromatic rings. The maximum atomic E-state index is 13.4. The molecule has 15 heteroatoms. The number of pyridine rings is 1. The number of H-pyrrole nitrogens is 1. The van der Waals surface area contributed by atoms with Gasteiger partial charge < -0.3 is 9.72 Å². The van der Waals surface area contributed by atoms with Crippen molar-refractivity contribution in [3.63, 3.8) is 0 Å². The SMILES string of the molecule is Cc1cc(C(F)(F)F)n(-c2ccc(Cn3c(=O)[nH]c4cnc(-c5cccnc5OCC(F)(F)F)nc43)cc2)n1. The van der Waals surface area contributed by atoms with Crippen LogP contribution >= 0.6 is 0 Å². The van der Waals surface area contributed by atoms with Crippen molar-refractivity contribution >= 4 is 11.2 Å². The van der Waals surface area contributed by atoms with Crippen LogP contribution in [0.2, 0.25) is 0 Å². The molecule has 0 radical (unpaired) electrons. The monoisotopic (exact) mass is 549 g/mol. The maximum Gasteiger partial charge on any atom is 0.433 e. The third-order valence-corrected chi connectivity index (χ3v) is 5.54. The molecule has 0 spiro atoms. The Morgan fingerprint density at radius 1 is 1.03 bits per heavy atom. The van der Waals surface area contributed by atoms with E-state index in [0.717, 1.165) is 10.7 Å². The standard InChI is InChI=1S/C24H17F6N7O2/c1-13-9-18(24(28,29)30)37(35-13)15-6-4-14(5-7-15)11-36-20-17(33-22(36)38)10-32-19(34-20)16-3-2-8-31-21(16)39-12-23(25,26)27/h2-10H,11-12H2,1H3,(H,33,38). The molecule has 39 heavy (non-hydrogen) atoms. The second kappa shape index (κ2) is 9.56. The number of nitrogens with one attached hydrogen (secondary N) is 1. The third-order valence-electron chi connectivity index (χ3n) is 5.54. The first-order valence-electron chi connectivity index (χ1n) is 11.2. The first kappa shape index (κ1) is 25.9. The normalized spacial score (nSPS) is 12.3. The largest absolute Gasteiger partial charge is 0.467 e. The minimum absolute atomic E-state index is 0.00962. The van der Waals surface area contributed by atoms with Gasteiger partial charge in [-0.25, -0.2) is 24.4 Å². The number of hydrogen-bond donors (Lipinski definition) is 1. The number of fused-ring (bicyclic) bond motifs is 1. The number of aromatic amines is 1. The van der Waals surface area contributed by atoms with E-state index in [9.17, 15) is 31.1 Å². The first-order valence-corrected chi connectivity index (χ1v) is 11.2. The zero-order valence-electron chi connectivity index (χ0n) is 19.9. The third kappa shape index (κ3) is 5.46. The van der Waals surface area contributed by atoms with Gasteiger partial charge in [0.2, 0.25) is 5.88 Å². The van der Waals surface area contributed by atoms with Crippen molar-refractivity contribution in [2.45, 2.75) is 25.8 Å². The van der Waals surface area contributed by atoms with Crippen molar-refractivity contribution in [3.05, 3.63) is 82.3 Å². The molecular formula is C24H17F6N7O2. The van der Waals surface area contributed by atoms with Gasteiger partial charge in [-0.1, -0.05) is 12.1 Å². The number of halogens is 6. The fraction of sp³-hybridized carbons (Fsp3) is 0.208. The van der Waals surface area contributed by atoms with Gasteiger partial charge in [0.1, 0.15) is 11.2 Å². The number of imidazole rings is 1. The molecule has 202 valence electrons. The van der Waals surface area contributed by atoms with Gasteiger partial charge in [0.05, 0.1) is 29.7 Å². The molecule has 9 nitrogen and oxygen atoms in total. The van der Waals surface area contributed by atoms with E-state index >= 15 is 0 Å². The van der Waals surface area contributed by atoms with Gasteiger partial charge >= 0.3 is 18.0 Å². The zero-order chi connectivity index (χ0) is 27.9. The number of aromatic nitrogens is 7. The summed E-state index contributed by atoms with van der Waals surface area (Å²) in [6.07, 6.45) is -6.62. The van der Waals surface area contributed by atoms with E-state index in [1.165, 1.54) is 48.1 Å². The summed E-state index contributed by atoms with van der Waals surface area (Å²) < 4.78 is 85.0. The number of ether oxygens (including phenoxy) is 1. The summed E-state index contributed by atoms with van der Waals surface area (Å²) in [6, 6.07) is 9.82. The van der Waals surface area contributed by atoms with E-state index in [2.05, 4.69) is 25.0 Å². The molecule has 0 amide bonds. The molecule has 1 aromatic carbocycles. The molecule has 5 rings (SSSR count). The minimum atomic E-state index is -4.60. The molecule has 0 aliphatic carbocycles. The van der Waals surface area contributed by atoms with E-state index in [1.807, 2.05) is 0 Å². The lowest BCUT2D eigenvalue weighted by Gasteiger charge is -2.12. The smallest absolute Gasteiger partial charge is 0.433 e. The number of alkyl halides is 6. The highest BCUT2D eigenvalue weighted by molar-refractivity contribution is 5.74. The van der Waals surface area contributed by atoms with Crippen molar-refractivity contribution < 1.29 is 31.1 Å². The molecular weight excluding hydrogens is 532 g/mol. The number of benzene rings is 1. The average Bonchev–Trinajstić information content (AvgIpc) is 3.42. The molecule has 0 unspecified atom stereocenters. The Morgan fingerprint density at radius 2 is 1.77 bits per heavy atom. The fourth-order valence-corrected chi connectivity index (χ4v) is 3.87. The highest BCUT2D eigenvalue weighted by Gasteiger charge is 2.36. The van der Waals surface area contributed by atoms with E-state index in [1.54, 1.807) is 12.1 Å². The molecule has 4 heterocycles. The Kier molecular flexibility index (Phi) is 6.36. The summed E-state index contributed by atoms with van der Waals surface area (Å²) in [7, 11) is 0. The molecule has 4 aromatic heterocycles. The summed E-state index contributed by atoms with van der Waals surface area (Å²) in [5.41, 5.74) is -0.00399. The molecule has 0 fully saturated rings. The Labute approximate surface area is 214 Å². The van der Waals surface area contributed by atoms with Gasteiger partial charge in [0.15, 0.2) is 18.1 Å². The highest BCUT2D eigenvalue weighted by atomic mass is 19.4. The second-order valence-corrected chi connectivity index (χ2v) is 8.45. The average molecular weight is 549 g/mol. The lowest BCUT2D eigenvalue weighted by Crippen LogP contribution is -2.20. The summed E-state index contributed by atoms with van der Waals surface area (Å²) in [4.78, 5) is 27.6. The van der Waals surface area contributed by atoms with Crippen LogP contribution in [0.15, 0.2) is 59.7 Å². The van der Waals surface area contributed by atoms with Crippen molar-refractivity contribution in [1.29, 1.82) is 0 Å². The van der Waals surface area contributed by atoms with Crippen molar-refractivity contribution in [3.8, 4) is 23.0 Å². The molecule has 1 N–H and O–H groups in total. The van der Waals surface area contributed by atoms with Gasteiger partial charge in [-0.05, 0) is 42.8 Å². The molecule has 0 saturated heterocycles. The number of hydrogen-bond acceptors (Lipinski definition) is 6. The number of nitrogens with zero attached hydrogens (tertiary/aromatic N) is 6. The lowest BCUT2D eigenvalue weighted by atomic mass is 10.2. The van der Waals surface area contributed by atoms with Gasteiger partial charge in [0, 0.05) is 6.20 Å². The fourth-order valence-electron chi connectivity index (χ4n) is 3.87. The lowest BCUT2D eigenvalue weighted by molar-refractivity contribution is -0.154. The van der Waals surface area contributed by atoms with Gasteiger partial charge in [-0.3, -0.25) is 4.57 Å². The summed E-state index contributed by atoms with van der Waals surface area (Å²) in [5, 5.41) is 3.92. The number of aryl methyl sites for hydroxylation is 1. The quantitative estimate of drug-likeness (QED) is 0.309. The van der Waals surface area contributed by atoms with Crippen LogP contribution in [0.1, 0.15) is 17.0 Å². The zero-order valence-corrected chi connectivity index (χ0v) is 19.9. The van der Waals surface area contributed by atoms with Gasteiger partial charge in [0.25, 0.3) is 0 Å². The predicted molar refractivity (Wildman–Crippen MR) is 125 cm³/mol. The van der Waals surface area contributed by atoms with Crippen LogP contribution < -0.4 is 10.4 Å². The molecule has 0 aliphatic heterocycles. The van der Waals surface area contributed by atoms with Gasteiger partial charge in [-0.2, -0.15) is 31.4 Å². The van der Waals surface area contributed by atoms with Gasteiger partial charge in [-0.15, -0.1) is 0 Å². The van der Waals surface area contributed by atoms with Crippen LogP contribution in [0.5, 0.6) is 5.88 Å². The number of rotatable bonds is 6. The Hall–Kier alpha value is -4.69. The molecule has 0 saturated carbocycles. The topological polar surface area (TPSA) is 104 Å². The van der Waals surface area contributed by atoms with Crippen molar-refractivity contribution in [2.24, 2.45) is 0 Å². The van der Waals surface area contributed by atoms with Crippen LogP contribution in [-0.4, -0.2) is 47.1 Å². The van der Waals surface area contributed by atoms with Crippen LogP contribution in [0.25, 0.3) is 28.2 Å². The summed E-state index contributed by atoms with van der Waals surface area (Å²) in [6.45, 7) is -0.118. The summed E-state index contributed by atoms with van der Waals surface area (Å²) in [5.74, 6) is -0.356. The summed E-state index contributed by atoms with van der Waals surface area (Å²) >= 11 is 0. The predicted octanol–water partition coefficient (Wildman–Crippen LogP) is 4.68.